The summed E-state index contributed by atoms with van der Waals surface area (Å²) in [6.45, 7) is 5.07. The molecule has 0 amide bonds. The summed E-state index contributed by atoms with van der Waals surface area (Å²) in [7, 11) is -1.88. The maximum atomic E-state index is 12.6. The van der Waals surface area contributed by atoms with Gasteiger partial charge in [0.25, 0.3) is 0 Å². The van der Waals surface area contributed by atoms with Crippen LogP contribution in [-0.4, -0.2) is 53.3 Å². The van der Waals surface area contributed by atoms with Gasteiger partial charge < -0.3 is 9.47 Å². The Morgan fingerprint density at radius 1 is 1.19 bits per heavy atom. The highest BCUT2D eigenvalue weighted by molar-refractivity contribution is 7.91. The molecule has 1 N–H and O–H groups in total. The minimum atomic E-state index is -3.51. The molecule has 3 rings (SSSR count). The van der Waals surface area contributed by atoms with Crippen molar-refractivity contribution in [1.82, 2.24) is 9.62 Å². The molecule has 1 aliphatic rings. The molecule has 142 valence electrons. The highest BCUT2D eigenvalue weighted by atomic mass is 32.2. The quantitative estimate of drug-likeness (QED) is 0.778. The average molecular weight is 397 g/mol. The molecule has 26 heavy (non-hydrogen) atoms. The molecule has 2 heterocycles. The van der Waals surface area contributed by atoms with Crippen molar-refractivity contribution in [1.29, 1.82) is 0 Å². The minimum Gasteiger partial charge on any atom is -0.497 e. The maximum Gasteiger partial charge on any atom is 0.250 e. The van der Waals surface area contributed by atoms with E-state index in [2.05, 4.69) is 9.62 Å². The van der Waals surface area contributed by atoms with Gasteiger partial charge in [0.15, 0.2) is 0 Å². The molecule has 1 fully saturated rings. The second-order valence-electron chi connectivity index (χ2n) is 6.15. The number of ether oxygens (including phenoxy) is 2. The lowest BCUT2D eigenvalue weighted by atomic mass is 10.0. The fourth-order valence-electron chi connectivity index (χ4n) is 2.99. The molecule has 1 aromatic carbocycles. The van der Waals surface area contributed by atoms with Gasteiger partial charge in [0.1, 0.15) is 9.96 Å². The molecule has 0 spiro atoms. The molecule has 0 radical (unpaired) electrons. The number of hydrogen-bond donors (Lipinski definition) is 1. The first-order valence-corrected chi connectivity index (χ1v) is 10.8. The summed E-state index contributed by atoms with van der Waals surface area (Å²) in [6, 6.07) is 11.2. The summed E-state index contributed by atoms with van der Waals surface area (Å²) in [5, 5.41) is 0. The lowest BCUT2D eigenvalue weighted by Gasteiger charge is -2.34. The van der Waals surface area contributed by atoms with E-state index in [-0.39, 0.29) is 6.04 Å². The Kier molecular flexibility index (Phi) is 6.31. The topological polar surface area (TPSA) is 67.9 Å². The third-order valence-electron chi connectivity index (χ3n) is 4.43. The van der Waals surface area contributed by atoms with Crippen LogP contribution in [0.15, 0.2) is 40.6 Å². The first kappa shape index (κ1) is 19.3. The second-order valence-corrected chi connectivity index (χ2v) is 9.44. The number of aryl methyl sites for hydroxylation is 1. The van der Waals surface area contributed by atoms with Gasteiger partial charge >= 0.3 is 0 Å². The number of nitrogens with one attached hydrogen (secondary N) is 1. The zero-order valence-corrected chi connectivity index (χ0v) is 16.6. The van der Waals surface area contributed by atoms with E-state index in [1.165, 1.54) is 11.3 Å². The Morgan fingerprint density at radius 2 is 1.88 bits per heavy atom. The van der Waals surface area contributed by atoms with Crippen LogP contribution in [0.4, 0.5) is 0 Å². The SMILES string of the molecule is COc1ccc(C(CNS(=O)(=O)c2ccc(C)s2)N2CCOCC2)cc1. The van der Waals surface area contributed by atoms with Crippen LogP contribution in [0.1, 0.15) is 16.5 Å². The van der Waals surface area contributed by atoms with E-state index in [9.17, 15) is 8.42 Å². The molecular formula is C18H24N2O4S2. The summed E-state index contributed by atoms with van der Waals surface area (Å²) in [4.78, 5) is 3.23. The molecule has 1 saturated heterocycles. The number of hydrogen-bond acceptors (Lipinski definition) is 6. The van der Waals surface area contributed by atoms with Crippen LogP contribution in [0.5, 0.6) is 5.75 Å². The fourth-order valence-corrected chi connectivity index (χ4v) is 5.36. The molecule has 8 heteroatoms. The van der Waals surface area contributed by atoms with Crippen LogP contribution in [-0.2, 0) is 14.8 Å². The van der Waals surface area contributed by atoms with Crippen molar-refractivity contribution >= 4 is 21.4 Å². The van der Waals surface area contributed by atoms with E-state index in [0.717, 1.165) is 29.3 Å². The molecule has 0 saturated carbocycles. The van der Waals surface area contributed by atoms with Crippen molar-refractivity contribution < 1.29 is 17.9 Å². The largest absolute Gasteiger partial charge is 0.497 e. The Labute approximate surface area is 158 Å². The third-order valence-corrected chi connectivity index (χ3v) is 7.35. The standard InChI is InChI=1S/C18H24N2O4S2/c1-14-3-8-18(25-14)26(21,22)19-13-17(20-9-11-24-12-10-20)15-4-6-16(23-2)7-5-15/h3-8,17,19H,9-13H2,1-2H3. The van der Waals surface area contributed by atoms with Crippen LogP contribution in [0.25, 0.3) is 0 Å². The van der Waals surface area contributed by atoms with Gasteiger partial charge in [-0.2, -0.15) is 0 Å². The van der Waals surface area contributed by atoms with E-state index in [1.54, 1.807) is 13.2 Å². The second kappa shape index (κ2) is 8.49. The predicted octanol–water partition coefficient (Wildman–Crippen LogP) is 2.42. The third kappa shape index (κ3) is 4.63. The average Bonchev–Trinajstić information content (AvgIpc) is 3.11. The smallest absolute Gasteiger partial charge is 0.250 e. The van der Waals surface area contributed by atoms with Crippen LogP contribution < -0.4 is 9.46 Å². The highest BCUT2D eigenvalue weighted by Gasteiger charge is 2.25. The normalized spacial score (nSPS) is 17.2. The number of methoxy groups -OCH3 is 1. The van der Waals surface area contributed by atoms with E-state index in [1.807, 2.05) is 37.3 Å². The van der Waals surface area contributed by atoms with Crippen molar-refractivity contribution in [2.45, 2.75) is 17.2 Å². The van der Waals surface area contributed by atoms with Crippen molar-refractivity contribution in [3.63, 3.8) is 0 Å². The van der Waals surface area contributed by atoms with Crippen LogP contribution >= 0.6 is 11.3 Å². The molecule has 0 bridgehead atoms. The Balaban J connectivity index is 1.78. The van der Waals surface area contributed by atoms with E-state index in [0.29, 0.717) is 24.0 Å². The zero-order valence-electron chi connectivity index (χ0n) is 15.0. The van der Waals surface area contributed by atoms with Crippen molar-refractivity contribution in [2.75, 3.05) is 40.0 Å². The fraction of sp³-hybridized carbons (Fsp3) is 0.444. The maximum absolute atomic E-state index is 12.6. The summed E-state index contributed by atoms with van der Waals surface area (Å²) >= 11 is 1.28. The monoisotopic (exact) mass is 396 g/mol. The van der Waals surface area contributed by atoms with E-state index >= 15 is 0 Å². The Morgan fingerprint density at radius 3 is 2.46 bits per heavy atom. The zero-order chi connectivity index (χ0) is 18.6. The summed E-state index contributed by atoms with van der Waals surface area (Å²) in [5.74, 6) is 0.782. The van der Waals surface area contributed by atoms with Gasteiger partial charge in [0, 0.05) is 30.6 Å². The molecular weight excluding hydrogens is 372 g/mol. The molecule has 1 unspecified atom stereocenters. The summed E-state index contributed by atoms with van der Waals surface area (Å²) in [5.41, 5.74) is 1.05. The number of rotatable bonds is 7. The van der Waals surface area contributed by atoms with Gasteiger partial charge in [0.2, 0.25) is 10.0 Å². The number of thiophene rings is 1. The molecule has 1 atom stereocenters. The number of nitrogens with zero attached hydrogens (tertiary/aromatic N) is 1. The Hall–Kier alpha value is -1.45. The van der Waals surface area contributed by atoms with E-state index < -0.39 is 10.0 Å². The van der Waals surface area contributed by atoms with Crippen molar-refractivity contribution in [3.05, 3.63) is 46.8 Å². The molecule has 6 nitrogen and oxygen atoms in total. The predicted molar refractivity (Wildman–Crippen MR) is 102 cm³/mol. The highest BCUT2D eigenvalue weighted by Crippen LogP contribution is 2.25. The van der Waals surface area contributed by atoms with Gasteiger partial charge in [0.05, 0.1) is 20.3 Å². The summed E-state index contributed by atoms with van der Waals surface area (Å²) in [6.07, 6.45) is 0. The molecule has 1 aromatic heterocycles. The van der Waals surface area contributed by atoms with Gasteiger partial charge in [-0.15, -0.1) is 11.3 Å². The molecule has 0 aliphatic carbocycles. The van der Waals surface area contributed by atoms with Crippen LogP contribution in [0, 0.1) is 6.92 Å². The van der Waals surface area contributed by atoms with Gasteiger partial charge in [-0.25, -0.2) is 13.1 Å². The first-order valence-electron chi connectivity index (χ1n) is 8.51. The summed E-state index contributed by atoms with van der Waals surface area (Å²) < 4.78 is 39.0. The molecule has 2 aromatic rings. The van der Waals surface area contributed by atoms with Crippen LogP contribution in [0.3, 0.4) is 0 Å². The van der Waals surface area contributed by atoms with Crippen molar-refractivity contribution in [3.8, 4) is 5.75 Å². The van der Waals surface area contributed by atoms with Gasteiger partial charge in [-0.05, 0) is 36.8 Å². The number of morpholine rings is 1. The number of sulfonamides is 1. The van der Waals surface area contributed by atoms with Crippen LogP contribution in [0.2, 0.25) is 0 Å². The lowest BCUT2D eigenvalue weighted by molar-refractivity contribution is 0.0172. The first-order chi connectivity index (χ1) is 12.5. The van der Waals surface area contributed by atoms with Gasteiger partial charge in [-0.3, -0.25) is 4.90 Å². The van der Waals surface area contributed by atoms with Crippen molar-refractivity contribution in [2.24, 2.45) is 0 Å². The van der Waals surface area contributed by atoms with E-state index in [4.69, 9.17) is 9.47 Å². The number of benzene rings is 1. The van der Waals surface area contributed by atoms with Gasteiger partial charge in [-0.1, -0.05) is 12.1 Å². The molecule has 1 aliphatic heterocycles. The minimum absolute atomic E-state index is 0.0550. The Bertz CT molecular complexity index is 812. The lowest BCUT2D eigenvalue weighted by Crippen LogP contribution is -2.43.